The molecule has 0 saturated heterocycles. The van der Waals surface area contributed by atoms with Crippen molar-refractivity contribution in [3.8, 4) is 11.5 Å². The number of thiol groups is 1. The zero-order valence-electron chi connectivity index (χ0n) is 21.8. The highest BCUT2D eigenvalue weighted by molar-refractivity contribution is 7.80. The van der Waals surface area contributed by atoms with E-state index in [9.17, 15) is 34.5 Å². The molecule has 0 radical (unpaired) electrons. The largest absolute Gasteiger partial charge is 0.508 e. The Kier molecular flexibility index (Phi) is 12.1. The third-order valence-electron chi connectivity index (χ3n) is 6.33. The van der Waals surface area contributed by atoms with Gasteiger partial charge < -0.3 is 37.0 Å². The van der Waals surface area contributed by atoms with Crippen LogP contribution in [0.1, 0.15) is 31.4 Å². The summed E-state index contributed by atoms with van der Waals surface area (Å²) in [5.41, 5.74) is 6.99. The van der Waals surface area contributed by atoms with E-state index < -0.39 is 47.9 Å². The number of carboxylic acids is 1. The van der Waals surface area contributed by atoms with Crippen LogP contribution in [-0.4, -0.2) is 68.9 Å². The summed E-state index contributed by atoms with van der Waals surface area (Å²) in [4.78, 5) is 51.1. The summed E-state index contributed by atoms with van der Waals surface area (Å²) in [6.45, 7) is 3.50. The van der Waals surface area contributed by atoms with Crippen LogP contribution < -0.4 is 21.7 Å². The normalized spacial score (nSPS) is 14.8. The molecule has 0 spiro atoms. The topological polar surface area (TPSA) is 191 Å². The van der Waals surface area contributed by atoms with Crippen molar-refractivity contribution in [2.75, 3.05) is 5.75 Å². The second-order valence-electron chi connectivity index (χ2n) is 9.36. The molecule has 0 fully saturated rings. The van der Waals surface area contributed by atoms with Crippen LogP contribution in [0.15, 0.2) is 48.5 Å². The van der Waals surface area contributed by atoms with E-state index in [4.69, 9.17) is 5.73 Å². The Labute approximate surface area is 232 Å². The Balaban J connectivity index is 2.34. The van der Waals surface area contributed by atoms with Gasteiger partial charge in [0.1, 0.15) is 29.6 Å². The third-order valence-corrected chi connectivity index (χ3v) is 6.72. The SMILES string of the molecule is CCC(C)C(NC(=O)C(Cc1ccc(O)cc1)NC(=O)C(Cc1ccc(O)cc1)NC(=O)C(N)CS)C(=O)O. The van der Waals surface area contributed by atoms with E-state index in [0.717, 1.165) is 0 Å². The Morgan fingerprint density at radius 2 is 1.21 bits per heavy atom. The van der Waals surface area contributed by atoms with Crippen molar-refractivity contribution >= 4 is 36.3 Å². The number of hydrogen-bond acceptors (Lipinski definition) is 8. The van der Waals surface area contributed by atoms with Gasteiger partial charge >= 0.3 is 5.97 Å². The molecule has 2 rings (SSSR count). The van der Waals surface area contributed by atoms with Gasteiger partial charge in [-0.05, 0) is 41.3 Å². The first-order chi connectivity index (χ1) is 18.4. The number of amides is 3. The Morgan fingerprint density at radius 1 is 0.795 bits per heavy atom. The Bertz CT molecular complexity index is 1130. The Morgan fingerprint density at radius 3 is 1.59 bits per heavy atom. The predicted molar refractivity (Wildman–Crippen MR) is 148 cm³/mol. The average molecular weight is 561 g/mol. The molecule has 5 unspecified atom stereocenters. The molecule has 0 aliphatic rings. The van der Waals surface area contributed by atoms with E-state index in [-0.39, 0.29) is 36.0 Å². The van der Waals surface area contributed by atoms with Crippen LogP contribution in [0, 0.1) is 5.92 Å². The zero-order chi connectivity index (χ0) is 29.1. The first-order valence-electron chi connectivity index (χ1n) is 12.5. The number of rotatable bonds is 14. The van der Waals surface area contributed by atoms with Gasteiger partial charge in [-0.25, -0.2) is 4.79 Å². The number of benzene rings is 2. The predicted octanol–water partition coefficient (Wildman–Crippen LogP) is 0.725. The third kappa shape index (κ3) is 9.80. The van der Waals surface area contributed by atoms with Crippen molar-refractivity contribution in [2.24, 2.45) is 11.7 Å². The van der Waals surface area contributed by atoms with E-state index >= 15 is 0 Å². The molecule has 0 saturated carbocycles. The average Bonchev–Trinajstić information content (AvgIpc) is 2.91. The minimum Gasteiger partial charge on any atom is -0.508 e. The fourth-order valence-electron chi connectivity index (χ4n) is 3.72. The first kappa shape index (κ1) is 31.4. The number of hydrogen-bond donors (Lipinski definition) is 8. The lowest BCUT2D eigenvalue weighted by Crippen LogP contribution is -2.58. The maximum Gasteiger partial charge on any atom is 0.326 e. The summed E-state index contributed by atoms with van der Waals surface area (Å²) < 4.78 is 0. The summed E-state index contributed by atoms with van der Waals surface area (Å²) >= 11 is 4.02. The highest BCUT2D eigenvalue weighted by Crippen LogP contribution is 2.15. The lowest BCUT2D eigenvalue weighted by atomic mass is 9.97. The summed E-state index contributed by atoms with van der Waals surface area (Å²) in [5.74, 6) is -3.53. The van der Waals surface area contributed by atoms with Gasteiger partial charge in [-0.3, -0.25) is 14.4 Å². The van der Waals surface area contributed by atoms with Crippen LogP contribution in [0.5, 0.6) is 11.5 Å². The van der Waals surface area contributed by atoms with Crippen LogP contribution in [0.3, 0.4) is 0 Å². The minimum absolute atomic E-state index is 0.0132. The number of carbonyl (C=O) groups excluding carboxylic acids is 3. The second kappa shape index (κ2) is 15.0. The number of nitrogens with two attached hydrogens (primary N) is 1. The van der Waals surface area contributed by atoms with Gasteiger partial charge in [-0.15, -0.1) is 0 Å². The van der Waals surface area contributed by atoms with Gasteiger partial charge in [0.25, 0.3) is 0 Å². The Hall–Kier alpha value is -3.77. The highest BCUT2D eigenvalue weighted by atomic mass is 32.1. The van der Waals surface area contributed by atoms with E-state index in [1.165, 1.54) is 24.3 Å². The summed E-state index contributed by atoms with van der Waals surface area (Å²) in [6.07, 6.45) is 0.508. The number of aromatic hydroxyl groups is 2. The molecule has 0 aromatic heterocycles. The fourth-order valence-corrected chi connectivity index (χ4v) is 3.89. The summed E-state index contributed by atoms with van der Waals surface area (Å²) in [7, 11) is 0. The van der Waals surface area contributed by atoms with Crippen molar-refractivity contribution in [1.82, 2.24) is 16.0 Å². The monoisotopic (exact) mass is 560 g/mol. The fraction of sp³-hybridized carbons (Fsp3) is 0.407. The van der Waals surface area contributed by atoms with Crippen molar-refractivity contribution in [1.29, 1.82) is 0 Å². The van der Waals surface area contributed by atoms with Gasteiger partial charge in [0.15, 0.2) is 0 Å². The molecule has 39 heavy (non-hydrogen) atoms. The van der Waals surface area contributed by atoms with Crippen LogP contribution in [-0.2, 0) is 32.0 Å². The zero-order valence-corrected chi connectivity index (χ0v) is 22.7. The number of carboxylic acid groups (broad SMARTS) is 1. The maximum atomic E-state index is 13.5. The lowest BCUT2D eigenvalue weighted by molar-refractivity contribution is -0.143. The molecule has 0 aliphatic carbocycles. The molecule has 11 nitrogen and oxygen atoms in total. The van der Waals surface area contributed by atoms with E-state index in [1.807, 2.05) is 0 Å². The lowest BCUT2D eigenvalue weighted by Gasteiger charge is -2.26. The molecular weight excluding hydrogens is 524 g/mol. The van der Waals surface area contributed by atoms with E-state index in [2.05, 4.69) is 28.6 Å². The molecule has 3 amide bonds. The van der Waals surface area contributed by atoms with E-state index in [0.29, 0.717) is 17.5 Å². The smallest absolute Gasteiger partial charge is 0.326 e. The van der Waals surface area contributed by atoms with E-state index in [1.54, 1.807) is 38.1 Å². The van der Waals surface area contributed by atoms with Crippen molar-refractivity contribution in [3.63, 3.8) is 0 Å². The number of phenols is 2. The molecule has 2 aromatic rings. The van der Waals surface area contributed by atoms with Crippen LogP contribution in [0.2, 0.25) is 0 Å². The molecule has 0 bridgehead atoms. The summed E-state index contributed by atoms with van der Waals surface area (Å²) in [5, 5.41) is 36.6. The van der Waals surface area contributed by atoms with Gasteiger partial charge in [0, 0.05) is 18.6 Å². The molecule has 8 N–H and O–H groups in total. The summed E-state index contributed by atoms with van der Waals surface area (Å²) in [6, 6.07) is 7.55. The van der Waals surface area contributed by atoms with Crippen LogP contribution >= 0.6 is 12.6 Å². The van der Waals surface area contributed by atoms with Gasteiger partial charge in [0.05, 0.1) is 6.04 Å². The molecule has 5 atom stereocenters. The maximum absolute atomic E-state index is 13.5. The number of aliphatic carboxylic acids is 1. The number of phenolic OH excluding ortho intramolecular Hbond substituents is 2. The molecule has 0 aliphatic heterocycles. The van der Waals surface area contributed by atoms with Crippen LogP contribution in [0.4, 0.5) is 0 Å². The van der Waals surface area contributed by atoms with Crippen molar-refractivity contribution < 1.29 is 34.5 Å². The number of nitrogens with one attached hydrogen (secondary N) is 3. The number of carbonyl (C=O) groups is 4. The second-order valence-corrected chi connectivity index (χ2v) is 9.73. The quantitative estimate of drug-likeness (QED) is 0.155. The molecule has 2 aromatic carbocycles. The van der Waals surface area contributed by atoms with Crippen molar-refractivity contribution in [2.45, 2.75) is 57.3 Å². The standard InChI is InChI=1S/C27H36N4O7S/c1-3-15(2)23(27(37)38)31-26(36)22(13-17-6-10-19(33)11-7-17)30-25(35)21(29-24(34)20(28)14-39)12-16-4-8-18(32)9-5-16/h4-11,15,20-23,32-33,39H,3,12-14,28H2,1-2H3,(H,29,34)(H,30,35)(H,31,36)(H,37,38). The minimum atomic E-state index is -1.20. The van der Waals surface area contributed by atoms with Crippen molar-refractivity contribution in [3.05, 3.63) is 59.7 Å². The molecule has 0 heterocycles. The van der Waals surface area contributed by atoms with Gasteiger partial charge in [-0.1, -0.05) is 44.5 Å². The van der Waals surface area contributed by atoms with Crippen LogP contribution in [0.25, 0.3) is 0 Å². The van der Waals surface area contributed by atoms with Gasteiger partial charge in [0.2, 0.25) is 17.7 Å². The molecule has 212 valence electrons. The highest BCUT2D eigenvalue weighted by Gasteiger charge is 2.32. The molecular formula is C27H36N4O7S. The first-order valence-corrected chi connectivity index (χ1v) is 13.1. The van der Waals surface area contributed by atoms with Gasteiger partial charge in [-0.2, -0.15) is 12.6 Å². The molecule has 12 heteroatoms.